The van der Waals surface area contributed by atoms with Gasteiger partial charge in [0.1, 0.15) is 79.3 Å². The van der Waals surface area contributed by atoms with Crippen LogP contribution in [0.25, 0.3) is 27.9 Å². The molecular weight excluding hydrogens is 781 g/mol. The van der Waals surface area contributed by atoms with E-state index in [9.17, 15) is 0 Å². The van der Waals surface area contributed by atoms with Crippen LogP contribution < -0.4 is 28.4 Å². The van der Waals surface area contributed by atoms with E-state index in [0.29, 0.717) is 104 Å². The Bertz CT molecular complexity index is 2450. The molecule has 0 aromatic carbocycles. The van der Waals surface area contributed by atoms with E-state index in [1.807, 2.05) is 0 Å². The highest BCUT2D eigenvalue weighted by Gasteiger charge is 2.44. The Morgan fingerprint density at radius 2 is 0.554 bits per heavy atom. The molecule has 0 saturated carbocycles. The minimum Gasteiger partial charge on any atom is -0.486 e. The van der Waals surface area contributed by atoms with E-state index in [1.54, 1.807) is 34.0 Å². The lowest BCUT2D eigenvalue weighted by molar-refractivity contribution is 0.0612. The van der Waals surface area contributed by atoms with Crippen LogP contribution in [-0.2, 0) is 28.4 Å². The second kappa shape index (κ2) is 12.8. The van der Waals surface area contributed by atoms with E-state index < -0.39 is 0 Å². The van der Waals surface area contributed by atoms with Gasteiger partial charge in [0.25, 0.3) is 0 Å². The van der Waals surface area contributed by atoms with E-state index >= 15 is 0 Å². The lowest BCUT2D eigenvalue weighted by Crippen LogP contribution is -2.16. The molecule has 0 unspecified atom stereocenters. The molecule has 12 rings (SSSR count). The Morgan fingerprint density at radius 1 is 0.286 bits per heavy atom. The van der Waals surface area contributed by atoms with E-state index in [4.69, 9.17) is 56.8 Å². The van der Waals surface area contributed by atoms with Crippen LogP contribution in [0, 0.1) is 6.92 Å². The summed E-state index contributed by atoms with van der Waals surface area (Å²) in [6, 6.07) is 0. The highest BCUT2D eigenvalue weighted by Crippen LogP contribution is 2.62. The molecule has 0 bridgehead atoms. The van der Waals surface area contributed by atoms with Gasteiger partial charge in [0.2, 0.25) is 0 Å². The lowest BCUT2D eigenvalue weighted by Gasteiger charge is -2.21. The lowest BCUT2D eigenvalue weighted by atomic mass is 10.0. The summed E-state index contributed by atoms with van der Waals surface area (Å²) < 4.78 is 76.0. The fraction of sp³-hybridized carbons (Fsp3) is 0.415. The van der Waals surface area contributed by atoms with Crippen molar-refractivity contribution in [2.45, 2.75) is 33.1 Å². The Labute approximate surface area is 333 Å². The van der Waals surface area contributed by atoms with Gasteiger partial charge in [-0.15, -0.1) is 34.0 Å². The Kier molecular flexibility index (Phi) is 7.63. The molecule has 0 amide bonds. The predicted molar refractivity (Wildman–Crippen MR) is 208 cm³/mol. The molecule has 290 valence electrons. The van der Waals surface area contributed by atoms with Gasteiger partial charge in [0.05, 0.1) is 24.4 Å². The molecule has 9 heterocycles. The first-order chi connectivity index (χ1) is 27.6. The van der Waals surface area contributed by atoms with E-state index in [-0.39, 0.29) is 0 Å². The molecule has 9 aliphatic rings. The maximum absolute atomic E-state index is 6.50. The molecule has 15 heteroatoms. The van der Waals surface area contributed by atoms with Crippen molar-refractivity contribution in [2.75, 3.05) is 79.3 Å². The van der Waals surface area contributed by atoms with Crippen molar-refractivity contribution in [2.24, 2.45) is 0 Å². The zero-order chi connectivity index (χ0) is 37.1. The number of rotatable bonds is 5. The molecule has 0 N–H and O–H groups in total. The number of hydrogen-bond donors (Lipinski definition) is 0. The van der Waals surface area contributed by atoms with Gasteiger partial charge in [-0.25, -0.2) is 0 Å². The number of thiophene rings is 3. The van der Waals surface area contributed by atoms with Crippen LogP contribution in [0.15, 0.2) is 40.1 Å². The van der Waals surface area contributed by atoms with Crippen LogP contribution in [0.1, 0.15) is 55.4 Å². The summed E-state index contributed by atoms with van der Waals surface area (Å²) in [7, 11) is 0. The van der Waals surface area contributed by atoms with Crippen molar-refractivity contribution in [3.05, 3.63) is 69.4 Å². The van der Waals surface area contributed by atoms with E-state index in [0.717, 1.165) is 127 Å². The highest BCUT2D eigenvalue weighted by molar-refractivity contribution is 7.16. The second-order valence-corrected chi connectivity index (χ2v) is 17.6. The Balaban J connectivity index is 0.945. The molecule has 0 spiro atoms. The van der Waals surface area contributed by atoms with Gasteiger partial charge in [-0.1, -0.05) is 0 Å². The minimum atomic E-state index is 0.438. The summed E-state index contributed by atoms with van der Waals surface area (Å²) in [6.45, 7) is 9.88. The van der Waals surface area contributed by atoms with E-state index in [2.05, 4.69) is 13.8 Å². The largest absolute Gasteiger partial charge is 0.486 e. The molecule has 0 radical (unpaired) electrons. The quantitative estimate of drug-likeness (QED) is 0.248. The normalized spacial score (nSPS) is 22.0. The van der Waals surface area contributed by atoms with Gasteiger partial charge < -0.3 is 56.8 Å². The van der Waals surface area contributed by atoms with Gasteiger partial charge in [0.15, 0.2) is 69.1 Å². The first kappa shape index (κ1) is 33.3. The average molecular weight is 817 g/mol. The summed E-state index contributed by atoms with van der Waals surface area (Å²) in [5, 5.41) is 0. The third-order valence-electron chi connectivity index (χ3n) is 11.0. The van der Waals surface area contributed by atoms with Crippen LogP contribution >= 0.6 is 34.0 Å². The standard InChI is InChI=1S/C41H36O12S3/c1-18-15-20(27-25(18)42-3-5-44-27)38-33-34(51-12-11-50-33)39(55-38)23-17-24(31-30(23)47-8-9-48-31)41-36-35(52-13-14-53-36)40(56-41)22-16-21(28-29(22)46-7-6-45-28)37-32-26(19(2)54-37)43-4-10-49-32/h3-17H2,1-2H3. The highest BCUT2D eigenvalue weighted by atomic mass is 32.1. The van der Waals surface area contributed by atoms with Crippen molar-refractivity contribution in [1.29, 1.82) is 0 Å². The smallest absolute Gasteiger partial charge is 0.180 e. The molecule has 3 aromatic heterocycles. The molecule has 3 saturated heterocycles. The van der Waals surface area contributed by atoms with Gasteiger partial charge in [0, 0.05) is 52.0 Å². The average Bonchev–Trinajstić information content (AvgIpc) is 4.10. The molecule has 12 nitrogen and oxygen atoms in total. The van der Waals surface area contributed by atoms with Crippen LogP contribution in [-0.4, -0.2) is 79.3 Å². The molecule has 56 heavy (non-hydrogen) atoms. The van der Waals surface area contributed by atoms with Crippen LogP contribution in [0.4, 0.5) is 0 Å². The summed E-state index contributed by atoms with van der Waals surface area (Å²) >= 11 is 4.96. The van der Waals surface area contributed by atoms with Crippen molar-refractivity contribution in [3.8, 4) is 34.5 Å². The predicted octanol–water partition coefficient (Wildman–Crippen LogP) is 8.07. The monoisotopic (exact) mass is 816 g/mol. The van der Waals surface area contributed by atoms with Gasteiger partial charge in [-0.3, -0.25) is 0 Å². The Hall–Kier alpha value is -4.86. The molecule has 0 atom stereocenters. The summed E-state index contributed by atoms with van der Waals surface area (Å²) in [6.07, 6.45) is 1.85. The molecule has 3 aromatic rings. The van der Waals surface area contributed by atoms with Crippen molar-refractivity contribution >= 4 is 61.9 Å². The molecular formula is C41H36O12S3. The maximum Gasteiger partial charge on any atom is 0.180 e. The SMILES string of the molecule is CC1=C2OCCOC2=C(c2sc(C3=C4OCCOC4=C(c4sc(C5=C6OCCOC6=C(c6sc(C)c7c6OCCO7)C5)c5c4OCCO5)C3)c3c2OCCO3)C1. The topological polar surface area (TPSA) is 111 Å². The van der Waals surface area contributed by atoms with E-state index in [1.165, 1.54) is 0 Å². The van der Waals surface area contributed by atoms with Gasteiger partial charge in [-0.05, 0) is 19.4 Å². The fourth-order valence-corrected chi connectivity index (χ4v) is 12.3. The van der Waals surface area contributed by atoms with Gasteiger partial charge >= 0.3 is 0 Å². The molecule has 6 aliphatic heterocycles. The minimum absolute atomic E-state index is 0.438. The molecule has 3 fully saturated rings. The fourth-order valence-electron chi connectivity index (χ4n) is 8.70. The zero-order valence-corrected chi connectivity index (χ0v) is 33.2. The van der Waals surface area contributed by atoms with Crippen molar-refractivity contribution in [3.63, 3.8) is 0 Å². The van der Waals surface area contributed by atoms with Crippen molar-refractivity contribution in [1.82, 2.24) is 0 Å². The first-order valence-electron chi connectivity index (χ1n) is 19.0. The third kappa shape index (κ3) is 4.86. The van der Waals surface area contributed by atoms with Crippen LogP contribution in [0.5, 0.6) is 34.5 Å². The zero-order valence-electron chi connectivity index (χ0n) is 30.7. The van der Waals surface area contributed by atoms with Crippen LogP contribution in [0.2, 0.25) is 0 Å². The number of allylic oxidation sites excluding steroid dienone is 6. The number of fused-ring (bicyclic) bond motifs is 6. The first-order valence-corrected chi connectivity index (χ1v) is 21.5. The number of hydrogen-bond acceptors (Lipinski definition) is 15. The maximum atomic E-state index is 6.50. The van der Waals surface area contributed by atoms with Crippen molar-refractivity contribution < 1.29 is 56.8 Å². The Morgan fingerprint density at radius 3 is 0.946 bits per heavy atom. The summed E-state index contributed by atoms with van der Waals surface area (Å²) in [5.74, 6) is 9.11. The number of ether oxygens (including phenoxy) is 12. The second-order valence-electron chi connectivity index (χ2n) is 14.3. The molecule has 3 aliphatic carbocycles. The summed E-state index contributed by atoms with van der Waals surface area (Å²) in [4.78, 5) is 5.97. The number of aryl methyl sites for hydroxylation is 1. The van der Waals surface area contributed by atoms with Gasteiger partial charge in [-0.2, -0.15) is 0 Å². The third-order valence-corrected chi connectivity index (χ3v) is 14.7. The summed E-state index contributed by atoms with van der Waals surface area (Å²) in [5.41, 5.74) is 6.26. The van der Waals surface area contributed by atoms with Crippen LogP contribution in [0.3, 0.4) is 0 Å².